The van der Waals surface area contributed by atoms with Crippen molar-refractivity contribution in [2.45, 2.75) is 13.3 Å². The van der Waals surface area contributed by atoms with E-state index < -0.39 is 0 Å². The Bertz CT molecular complexity index is 1630. The highest BCUT2D eigenvalue weighted by Crippen LogP contribution is 2.31. The predicted octanol–water partition coefficient (Wildman–Crippen LogP) is 5.06. The molecule has 5 rings (SSSR count). The van der Waals surface area contributed by atoms with E-state index in [1.807, 2.05) is 24.3 Å². The number of pyridine rings is 3. The topological polar surface area (TPSA) is 125 Å². The largest absolute Gasteiger partial charge is 0.335 e. The molecule has 0 aliphatic rings. The zero-order chi connectivity index (χ0) is 24.4. The van der Waals surface area contributed by atoms with Gasteiger partial charge in [0.1, 0.15) is 5.69 Å². The van der Waals surface area contributed by atoms with Gasteiger partial charge in [-0.1, -0.05) is 38.3 Å². The molecule has 5 heterocycles. The fourth-order valence-electron chi connectivity index (χ4n) is 3.71. The lowest BCUT2D eigenvalue weighted by Crippen LogP contribution is -2.09. The van der Waals surface area contributed by atoms with Gasteiger partial charge in [-0.3, -0.25) is 19.9 Å². The molecule has 5 aromatic heterocycles. The lowest BCUT2D eigenvalue weighted by Gasteiger charge is -2.06. The zero-order valence-electron chi connectivity index (χ0n) is 19.0. The molecule has 5 aromatic rings. The van der Waals surface area contributed by atoms with Crippen LogP contribution in [0.1, 0.15) is 18.9 Å². The average molecular weight is 463 g/mol. The second-order valence-electron chi connectivity index (χ2n) is 7.85. The second kappa shape index (κ2) is 9.14. The van der Waals surface area contributed by atoms with Crippen LogP contribution in [0.3, 0.4) is 0 Å². The van der Waals surface area contributed by atoms with Crippen molar-refractivity contribution in [1.82, 2.24) is 35.1 Å². The summed E-state index contributed by atoms with van der Waals surface area (Å²) in [5.74, 6) is 0.536. The van der Waals surface area contributed by atoms with Crippen LogP contribution in [0.4, 0.5) is 5.69 Å². The van der Waals surface area contributed by atoms with Crippen molar-refractivity contribution in [2.24, 2.45) is 0 Å². The van der Waals surface area contributed by atoms with Crippen molar-refractivity contribution in [3.05, 3.63) is 80.1 Å². The number of hydrogen-bond donors (Lipinski definition) is 3. The first kappa shape index (κ1) is 21.9. The first-order valence-corrected chi connectivity index (χ1v) is 11.0. The van der Waals surface area contributed by atoms with Crippen molar-refractivity contribution in [1.29, 1.82) is 0 Å². The molecule has 0 radical (unpaired) electrons. The smallest absolute Gasteiger partial charge is 0.224 e. The van der Waals surface area contributed by atoms with E-state index in [1.54, 1.807) is 44.0 Å². The molecule has 0 atom stereocenters. The molecule has 35 heavy (non-hydrogen) atoms. The minimum Gasteiger partial charge on any atom is -0.335 e. The highest BCUT2D eigenvalue weighted by Gasteiger charge is 2.16. The molecule has 0 spiro atoms. The molecular weight excluding hydrogens is 440 g/mol. The maximum absolute atomic E-state index is 11.8. The van der Waals surface area contributed by atoms with Crippen LogP contribution in [-0.4, -0.2) is 41.0 Å². The number of rotatable bonds is 7. The monoisotopic (exact) mass is 462 g/mol. The molecule has 9 heteroatoms. The van der Waals surface area contributed by atoms with Crippen molar-refractivity contribution in [3.63, 3.8) is 0 Å². The van der Waals surface area contributed by atoms with Gasteiger partial charge in [0.15, 0.2) is 11.5 Å². The number of amides is 1. The molecule has 0 saturated heterocycles. The van der Waals surface area contributed by atoms with Crippen LogP contribution >= 0.6 is 0 Å². The summed E-state index contributed by atoms with van der Waals surface area (Å²) < 4.78 is 0. The molecule has 0 unspecified atom stereocenters. The fourth-order valence-corrected chi connectivity index (χ4v) is 3.71. The number of fused-ring (bicyclic) bond motifs is 2. The molecule has 172 valence electrons. The predicted molar refractivity (Wildman–Crippen MR) is 137 cm³/mol. The fraction of sp³-hybridized carbons (Fsp3) is 0.0769. The van der Waals surface area contributed by atoms with Crippen LogP contribution < -0.4 is 5.32 Å². The molecule has 9 nitrogen and oxygen atoms in total. The number of allylic oxidation sites excluding steroid dienone is 4. The second-order valence-corrected chi connectivity index (χ2v) is 7.85. The number of carbonyl (C=O) groups is 1. The van der Waals surface area contributed by atoms with E-state index in [0.29, 0.717) is 29.3 Å². The maximum Gasteiger partial charge on any atom is 0.224 e. The van der Waals surface area contributed by atoms with Gasteiger partial charge >= 0.3 is 0 Å². The SMILES string of the molecule is C=C/C=C\C(=C)c1cncc2[nH]c(-c3[nH]nc4ncc(-c5cncc(NC(=O)CC)c5)cc34)nc12. The van der Waals surface area contributed by atoms with Crippen LogP contribution in [0.2, 0.25) is 0 Å². The first-order chi connectivity index (χ1) is 17.1. The number of nitrogens with one attached hydrogen (secondary N) is 3. The van der Waals surface area contributed by atoms with Gasteiger partial charge in [0.25, 0.3) is 0 Å². The van der Waals surface area contributed by atoms with Crippen molar-refractivity contribution >= 4 is 39.2 Å². The van der Waals surface area contributed by atoms with Crippen LogP contribution in [0.25, 0.3) is 50.3 Å². The van der Waals surface area contributed by atoms with Crippen LogP contribution in [0.15, 0.2) is 74.5 Å². The van der Waals surface area contributed by atoms with Gasteiger partial charge in [0.2, 0.25) is 5.91 Å². The lowest BCUT2D eigenvalue weighted by atomic mass is 10.1. The van der Waals surface area contributed by atoms with Crippen LogP contribution in [0.5, 0.6) is 0 Å². The Hall–Kier alpha value is -4.92. The summed E-state index contributed by atoms with van der Waals surface area (Å²) in [7, 11) is 0. The number of aromatic amines is 2. The van der Waals surface area contributed by atoms with E-state index in [4.69, 9.17) is 4.98 Å². The van der Waals surface area contributed by atoms with E-state index in [-0.39, 0.29) is 5.91 Å². The Morgan fingerprint density at radius 3 is 2.77 bits per heavy atom. The van der Waals surface area contributed by atoms with Gasteiger partial charge in [0, 0.05) is 41.7 Å². The Balaban J connectivity index is 1.56. The van der Waals surface area contributed by atoms with Crippen molar-refractivity contribution in [2.75, 3.05) is 5.32 Å². The van der Waals surface area contributed by atoms with Gasteiger partial charge in [-0.25, -0.2) is 9.97 Å². The Kier molecular flexibility index (Phi) is 5.72. The summed E-state index contributed by atoms with van der Waals surface area (Å²) in [6, 6.07) is 3.84. The summed E-state index contributed by atoms with van der Waals surface area (Å²) in [5, 5.41) is 11.0. The maximum atomic E-state index is 11.8. The summed E-state index contributed by atoms with van der Waals surface area (Å²) in [6.45, 7) is 9.62. The molecule has 0 aromatic carbocycles. The quantitative estimate of drug-likeness (QED) is 0.290. The molecule has 3 N–H and O–H groups in total. The number of carbonyl (C=O) groups excluding carboxylic acids is 1. The van der Waals surface area contributed by atoms with E-state index in [0.717, 1.165) is 38.7 Å². The van der Waals surface area contributed by atoms with Gasteiger partial charge in [-0.15, -0.1) is 0 Å². The summed E-state index contributed by atoms with van der Waals surface area (Å²) in [4.78, 5) is 33.0. The Morgan fingerprint density at radius 1 is 1.11 bits per heavy atom. The van der Waals surface area contributed by atoms with Crippen molar-refractivity contribution in [3.8, 4) is 22.6 Å². The summed E-state index contributed by atoms with van der Waals surface area (Å²) in [5.41, 5.74) is 6.68. The van der Waals surface area contributed by atoms with Gasteiger partial charge < -0.3 is 10.3 Å². The molecule has 0 fully saturated rings. The molecule has 1 amide bonds. The van der Waals surface area contributed by atoms with Gasteiger partial charge in [-0.05, 0) is 17.7 Å². The summed E-state index contributed by atoms with van der Waals surface area (Å²) >= 11 is 0. The van der Waals surface area contributed by atoms with E-state index in [2.05, 4.69) is 48.6 Å². The van der Waals surface area contributed by atoms with E-state index in [9.17, 15) is 4.79 Å². The molecule has 0 aliphatic carbocycles. The third-order valence-electron chi connectivity index (χ3n) is 5.50. The lowest BCUT2D eigenvalue weighted by molar-refractivity contribution is -0.115. The highest BCUT2D eigenvalue weighted by atomic mass is 16.1. The van der Waals surface area contributed by atoms with Crippen LogP contribution in [0, 0.1) is 0 Å². The number of imidazole rings is 1. The zero-order valence-corrected chi connectivity index (χ0v) is 19.0. The molecule has 0 aliphatic heterocycles. The number of aromatic nitrogens is 7. The molecule has 0 bridgehead atoms. The third-order valence-corrected chi connectivity index (χ3v) is 5.50. The molecule has 0 saturated carbocycles. The van der Waals surface area contributed by atoms with Gasteiger partial charge in [-0.2, -0.15) is 5.10 Å². The number of nitrogens with zero attached hydrogens (tertiary/aromatic N) is 5. The number of anilines is 1. The Morgan fingerprint density at radius 2 is 1.94 bits per heavy atom. The van der Waals surface area contributed by atoms with Gasteiger partial charge in [0.05, 0.1) is 34.5 Å². The van der Waals surface area contributed by atoms with E-state index in [1.165, 1.54) is 0 Å². The standard InChI is InChI=1S/C26H22N8O/c1-4-6-7-15(3)20-13-28-14-21-23(20)32-26(31-21)24-19-9-17(11-29-25(19)34-33-24)16-8-18(12-27-10-16)30-22(35)5-2/h4,6-14H,1,3,5H2,2H3,(H,30,35)(H,31,32)(H,29,33,34)/b7-6-. The van der Waals surface area contributed by atoms with Crippen molar-refractivity contribution < 1.29 is 4.79 Å². The minimum absolute atomic E-state index is 0.0731. The Labute approximate surface area is 200 Å². The minimum atomic E-state index is -0.0731. The normalized spacial score (nSPS) is 11.3. The number of hydrogen-bond acceptors (Lipinski definition) is 6. The third kappa shape index (κ3) is 4.22. The molecular formula is C26H22N8O. The highest BCUT2D eigenvalue weighted by molar-refractivity contribution is 5.96. The first-order valence-electron chi connectivity index (χ1n) is 11.0. The van der Waals surface area contributed by atoms with E-state index >= 15 is 0 Å². The number of H-pyrrole nitrogens is 2. The van der Waals surface area contributed by atoms with Crippen LogP contribution in [-0.2, 0) is 4.79 Å². The summed E-state index contributed by atoms with van der Waals surface area (Å²) in [6.07, 6.45) is 14.3. The average Bonchev–Trinajstić information content (AvgIpc) is 3.50.